The standard InChI is InChI=1S/C24H31FN2O2/c1-17-12-18(2)14-20(13-17)24(8-10-29-11-9-24)23(28)26-16-22(27(3)4)19-6-5-7-21(25)15-19/h5-7,12-15,22H,8-11,16H2,1-4H3,(H,26,28)/t22-/m1/s1. The number of ether oxygens (including phenoxy) is 1. The first-order chi connectivity index (χ1) is 13.8. The molecule has 1 heterocycles. The third-order valence-corrected chi connectivity index (χ3v) is 5.87. The Morgan fingerprint density at radius 2 is 1.79 bits per heavy atom. The van der Waals surface area contributed by atoms with Crippen LogP contribution in [0.5, 0.6) is 0 Å². The summed E-state index contributed by atoms with van der Waals surface area (Å²) in [4.78, 5) is 15.5. The molecule has 0 radical (unpaired) electrons. The number of amides is 1. The van der Waals surface area contributed by atoms with Crippen LogP contribution in [0.15, 0.2) is 42.5 Å². The van der Waals surface area contributed by atoms with Gasteiger partial charge in [-0.1, -0.05) is 41.5 Å². The minimum absolute atomic E-state index is 0.0223. The van der Waals surface area contributed by atoms with Crippen molar-refractivity contribution in [3.63, 3.8) is 0 Å². The number of hydrogen-bond donors (Lipinski definition) is 1. The molecule has 2 aromatic rings. The van der Waals surface area contributed by atoms with Crippen molar-refractivity contribution in [3.05, 3.63) is 70.5 Å². The molecule has 0 unspecified atom stereocenters. The van der Waals surface area contributed by atoms with Crippen molar-refractivity contribution >= 4 is 5.91 Å². The maximum atomic E-state index is 13.7. The number of likely N-dealkylation sites (N-methyl/N-ethyl adjacent to an activating group) is 1. The number of hydrogen-bond acceptors (Lipinski definition) is 3. The highest BCUT2D eigenvalue weighted by molar-refractivity contribution is 5.88. The number of carbonyl (C=O) groups excluding carboxylic acids is 1. The smallest absolute Gasteiger partial charge is 0.230 e. The lowest BCUT2D eigenvalue weighted by Gasteiger charge is -2.37. The van der Waals surface area contributed by atoms with E-state index in [1.54, 1.807) is 6.07 Å². The number of nitrogens with zero attached hydrogens (tertiary/aromatic N) is 1. The highest BCUT2D eigenvalue weighted by Gasteiger charge is 2.42. The fourth-order valence-corrected chi connectivity index (χ4v) is 4.29. The van der Waals surface area contributed by atoms with E-state index in [0.717, 1.165) is 22.3 Å². The lowest BCUT2D eigenvalue weighted by molar-refractivity contribution is -0.130. The van der Waals surface area contributed by atoms with Crippen molar-refractivity contribution in [3.8, 4) is 0 Å². The summed E-state index contributed by atoms with van der Waals surface area (Å²) in [6, 6.07) is 12.8. The van der Waals surface area contributed by atoms with Gasteiger partial charge in [0, 0.05) is 19.8 Å². The van der Waals surface area contributed by atoms with E-state index in [4.69, 9.17) is 4.74 Å². The summed E-state index contributed by atoms with van der Waals surface area (Å²) in [6.45, 7) is 5.69. The van der Waals surface area contributed by atoms with Gasteiger partial charge in [0.2, 0.25) is 5.91 Å². The topological polar surface area (TPSA) is 41.6 Å². The second-order valence-corrected chi connectivity index (χ2v) is 8.32. The Morgan fingerprint density at radius 1 is 1.14 bits per heavy atom. The zero-order valence-electron chi connectivity index (χ0n) is 17.8. The molecule has 1 atom stereocenters. The van der Waals surface area contributed by atoms with Crippen LogP contribution in [-0.4, -0.2) is 44.7 Å². The van der Waals surface area contributed by atoms with Crippen molar-refractivity contribution in [2.45, 2.75) is 38.1 Å². The molecule has 5 heteroatoms. The van der Waals surface area contributed by atoms with Gasteiger partial charge in [0.1, 0.15) is 5.82 Å². The Morgan fingerprint density at radius 3 is 2.38 bits per heavy atom. The lowest BCUT2D eigenvalue weighted by atomic mass is 9.72. The summed E-state index contributed by atoms with van der Waals surface area (Å²) in [6.07, 6.45) is 1.32. The van der Waals surface area contributed by atoms with Crippen molar-refractivity contribution in [2.24, 2.45) is 0 Å². The predicted octanol–water partition coefficient (Wildman–Crippen LogP) is 3.91. The first kappa shape index (κ1) is 21.5. The normalized spacial score (nSPS) is 17.2. The minimum atomic E-state index is -0.589. The van der Waals surface area contributed by atoms with E-state index >= 15 is 0 Å². The monoisotopic (exact) mass is 398 g/mol. The van der Waals surface area contributed by atoms with Crippen molar-refractivity contribution in [2.75, 3.05) is 33.9 Å². The second kappa shape index (κ2) is 9.06. The Bertz CT molecular complexity index is 839. The van der Waals surface area contributed by atoms with Crippen LogP contribution < -0.4 is 5.32 Å². The molecule has 3 rings (SSSR count). The first-order valence-corrected chi connectivity index (χ1v) is 10.2. The maximum Gasteiger partial charge on any atom is 0.230 e. The Hall–Kier alpha value is -2.24. The SMILES string of the molecule is Cc1cc(C)cc(C2(C(=O)NC[C@H](c3cccc(F)c3)N(C)C)CCOCC2)c1. The predicted molar refractivity (Wildman–Crippen MR) is 113 cm³/mol. The van der Waals surface area contributed by atoms with Gasteiger partial charge in [-0.2, -0.15) is 0 Å². The minimum Gasteiger partial charge on any atom is -0.381 e. The number of rotatable bonds is 6. The molecule has 0 aliphatic carbocycles. The number of aryl methyl sites for hydroxylation is 2. The van der Waals surface area contributed by atoms with E-state index in [2.05, 4.69) is 37.4 Å². The van der Waals surface area contributed by atoms with E-state index in [0.29, 0.717) is 32.6 Å². The summed E-state index contributed by atoms with van der Waals surface area (Å²) in [5.74, 6) is -0.245. The number of nitrogens with one attached hydrogen (secondary N) is 1. The van der Waals surface area contributed by atoms with Crippen LogP contribution in [0, 0.1) is 19.7 Å². The molecule has 0 aromatic heterocycles. The van der Waals surface area contributed by atoms with Gasteiger partial charge >= 0.3 is 0 Å². The van der Waals surface area contributed by atoms with E-state index in [1.807, 2.05) is 25.1 Å². The highest BCUT2D eigenvalue weighted by atomic mass is 19.1. The van der Waals surface area contributed by atoms with Crippen molar-refractivity contribution in [1.82, 2.24) is 10.2 Å². The summed E-state index contributed by atoms with van der Waals surface area (Å²) in [7, 11) is 3.88. The van der Waals surface area contributed by atoms with Crippen LogP contribution in [0.1, 0.15) is 41.1 Å². The summed E-state index contributed by atoms with van der Waals surface area (Å²) in [5.41, 5.74) is 3.63. The molecule has 4 nitrogen and oxygen atoms in total. The largest absolute Gasteiger partial charge is 0.381 e. The van der Waals surface area contributed by atoms with E-state index in [1.165, 1.54) is 12.1 Å². The molecule has 0 bridgehead atoms. The van der Waals surface area contributed by atoms with Crippen molar-refractivity contribution in [1.29, 1.82) is 0 Å². The molecule has 1 aliphatic rings. The van der Waals surface area contributed by atoms with Gasteiger partial charge in [-0.3, -0.25) is 4.79 Å². The van der Waals surface area contributed by atoms with Crippen LogP contribution in [0.4, 0.5) is 4.39 Å². The van der Waals surface area contributed by atoms with Crippen LogP contribution in [0.2, 0.25) is 0 Å². The second-order valence-electron chi connectivity index (χ2n) is 8.32. The molecule has 0 saturated carbocycles. The number of benzene rings is 2. The van der Waals surface area contributed by atoms with Gasteiger partial charge < -0.3 is 15.0 Å². The Labute approximate surface area is 173 Å². The number of halogens is 1. The highest BCUT2D eigenvalue weighted by Crippen LogP contribution is 2.36. The molecule has 1 saturated heterocycles. The molecule has 1 N–H and O–H groups in total. The fourth-order valence-electron chi connectivity index (χ4n) is 4.29. The van der Waals surface area contributed by atoms with E-state index in [9.17, 15) is 9.18 Å². The molecule has 0 spiro atoms. The summed E-state index contributed by atoms with van der Waals surface area (Å²) in [5, 5.41) is 3.17. The van der Waals surface area contributed by atoms with Crippen molar-refractivity contribution < 1.29 is 13.9 Å². The summed E-state index contributed by atoms with van der Waals surface area (Å²) < 4.78 is 19.3. The average molecular weight is 399 g/mol. The van der Waals surface area contributed by atoms with Gasteiger partial charge in [-0.25, -0.2) is 4.39 Å². The third kappa shape index (κ3) is 4.85. The molecule has 29 heavy (non-hydrogen) atoms. The Kier molecular flexibility index (Phi) is 6.70. The molecule has 1 amide bonds. The summed E-state index contributed by atoms with van der Waals surface area (Å²) >= 11 is 0. The first-order valence-electron chi connectivity index (χ1n) is 10.2. The third-order valence-electron chi connectivity index (χ3n) is 5.87. The number of carbonyl (C=O) groups is 1. The fraction of sp³-hybridized carbons (Fsp3) is 0.458. The zero-order chi connectivity index (χ0) is 21.0. The van der Waals surface area contributed by atoms with E-state index < -0.39 is 5.41 Å². The maximum absolute atomic E-state index is 13.7. The van der Waals surface area contributed by atoms with Gasteiger partial charge in [-0.15, -0.1) is 0 Å². The molecular formula is C24H31FN2O2. The van der Waals surface area contributed by atoms with Gasteiger partial charge in [-0.05, 0) is 64.0 Å². The molecule has 2 aromatic carbocycles. The molecular weight excluding hydrogens is 367 g/mol. The molecule has 1 aliphatic heterocycles. The van der Waals surface area contributed by atoms with E-state index in [-0.39, 0.29) is 17.8 Å². The Balaban J connectivity index is 1.85. The molecule has 1 fully saturated rings. The van der Waals surface area contributed by atoms with Crippen LogP contribution in [0.3, 0.4) is 0 Å². The average Bonchev–Trinajstić information content (AvgIpc) is 2.67. The van der Waals surface area contributed by atoms with Gasteiger partial charge in [0.25, 0.3) is 0 Å². The van der Waals surface area contributed by atoms with Gasteiger partial charge in [0.15, 0.2) is 0 Å². The lowest BCUT2D eigenvalue weighted by Crippen LogP contribution is -2.49. The molecule has 156 valence electrons. The van der Waals surface area contributed by atoms with Gasteiger partial charge in [0.05, 0.1) is 11.5 Å². The van der Waals surface area contributed by atoms with Crippen LogP contribution in [0.25, 0.3) is 0 Å². The van der Waals surface area contributed by atoms with Crippen LogP contribution >= 0.6 is 0 Å². The van der Waals surface area contributed by atoms with Crippen LogP contribution in [-0.2, 0) is 14.9 Å². The quantitative estimate of drug-likeness (QED) is 0.802. The zero-order valence-corrected chi connectivity index (χ0v) is 17.8.